The molecule has 1 aliphatic heterocycles. The molecule has 2 N–H and O–H groups in total. The summed E-state index contributed by atoms with van der Waals surface area (Å²) in [5.74, 6) is -2.77. The van der Waals surface area contributed by atoms with Crippen LogP contribution in [0.1, 0.15) is 29.7 Å². The normalized spacial score (nSPS) is 18.1. The van der Waals surface area contributed by atoms with Gasteiger partial charge in [0.15, 0.2) is 0 Å². The fraction of sp³-hybridized carbons (Fsp3) is 0.300. The van der Waals surface area contributed by atoms with Gasteiger partial charge in [0.25, 0.3) is 11.2 Å². The second-order valence-corrected chi connectivity index (χ2v) is 7.75. The van der Waals surface area contributed by atoms with Crippen LogP contribution < -0.4 is 10.1 Å². The van der Waals surface area contributed by atoms with Crippen LogP contribution in [0.2, 0.25) is 0 Å². The number of rotatable bonds is 7. The number of ether oxygens (including phenoxy) is 1. The predicted molar refractivity (Wildman–Crippen MR) is 102 cm³/mol. The molecule has 3 rings (SSSR count). The van der Waals surface area contributed by atoms with Crippen molar-refractivity contribution in [1.82, 2.24) is 5.32 Å². The number of imide groups is 1. The van der Waals surface area contributed by atoms with Crippen molar-refractivity contribution in [3.8, 4) is 5.75 Å². The van der Waals surface area contributed by atoms with Crippen molar-refractivity contribution in [1.29, 1.82) is 0 Å². The van der Waals surface area contributed by atoms with E-state index in [0.29, 0.717) is 17.7 Å². The maximum absolute atomic E-state index is 13.4. The molecule has 0 bridgehead atoms. The van der Waals surface area contributed by atoms with E-state index in [4.69, 9.17) is 4.74 Å². The quantitative estimate of drug-likeness (QED) is 0.730. The molecular weight excluding hydrogens is 388 g/mol. The Labute approximate surface area is 165 Å². The highest BCUT2D eigenvalue weighted by Crippen LogP contribution is 2.29. The van der Waals surface area contributed by atoms with Gasteiger partial charge in [-0.3, -0.25) is 14.9 Å². The smallest absolute Gasteiger partial charge is 0.286 e. The van der Waals surface area contributed by atoms with Crippen molar-refractivity contribution >= 4 is 22.9 Å². The molecule has 0 spiro atoms. The third kappa shape index (κ3) is 5.08. The van der Waals surface area contributed by atoms with E-state index in [1.165, 1.54) is 18.2 Å². The Morgan fingerprint density at radius 2 is 1.93 bits per heavy atom. The van der Waals surface area contributed by atoms with Crippen molar-refractivity contribution in [3.05, 3.63) is 65.2 Å². The first-order valence-electron chi connectivity index (χ1n) is 8.62. The number of aliphatic hydroxyl groups excluding tert-OH is 1. The Balaban J connectivity index is 1.56. The summed E-state index contributed by atoms with van der Waals surface area (Å²) in [6, 6.07) is 12.6. The summed E-state index contributed by atoms with van der Waals surface area (Å²) in [5, 5.41) is 11.7. The molecule has 2 atom stereocenters. The molecule has 1 heterocycles. The van der Waals surface area contributed by atoms with Crippen molar-refractivity contribution in [2.75, 3.05) is 6.61 Å². The van der Waals surface area contributed by atoms with Crippen LogP contribution in [-0.4, -0.2) is 28.1 Å². The number of halogens is 2. The highest BCUT2D eigenvalue weighted by atomic mass is 32.2. The minimum Gasteiger partial charge on any atom is -0.491 e. The monoisotopic (exact) mass is 407 g/mol. The number of carbonyl (C=O) groups excluding carboxylic acids is 2. The Hall–Kier alpha value is -2.45. The first kappa shape index (κ1) is 20.3. The molecule has 0 aromatic heterocycles. The number of aliphatic hydroxyl groups is 1. The zero-order chi connectivity index (χ0) is 20.3. The van der Waals surface area contributed by atoms with Gasteiger partial charge in [-0.05, 0) is 35.7 Å². The van der Waals surface area contributed by atoms with Crippen molar-refractivity contribution in [2.24, 2.45) is 0 Å². The molecule has 1 aliphatic rings. The number of thioether (sulfide) groups is 1. The lowest BCUT2D eigenvalue weighted by Crippen LogP contribution is -2.25. The van der Waals surface area contributed by atoms with Gasteiger partial charge in [-0.25, -0.2) is 8.78 Å². The molecule has 8 heteroatoms. The van der Waals surface area contributed by atoms with Crippen LogP contribution >= 0.6 is 11.8 Å². The Bertz CT molecular complexity index is 867. The molecule has 1 saturated heterocycles. The number of hydrogen-bond acceptors (Lipinski definition) is 5. The lowest BCUT2D eigenvalue weighted by molar-refractivity contribution is -0.118. The molecule has 148 valence electrons. The minimum atomic E-state index is -2.98. The average molecular weight is 407 g/mol. The molecule has 28 heavy (non-hydrogen) atoms. The predicted octanol–water partition coefficient (Wildman–Crippen LogP) is 3.80. The molecule has 1 unspecified atom stereocenters. The number of benzene rings is 2. The van der Waals surface area contributed by atoms with Gasteiger partial charge >= 0.3 is 0 Å². The summed E-state index contributed by atoms with van der Waals surface area (Å²) in [6.45, 7) is 0.716. The lowest BCUT2D eigenvalue weighted by atomic mass is 10.0. The van der Waals surface area contributed by atoms with E-state index < -0.39 is 17.3 Å². The molecule has 0 aliphatic carbocycles. The minimum absolute atomic E-state index is 0.0898. The fourth-order valence-electron chi connectivity index (χ4n) is 2.75. The fourth-order valence-corrected chi connectivity index (χ4v) is 3.61. The van der Waals surface area contributed by atoms with Crippen molar-refractivity contribution in [3.63, 3.8) is 0 Å². The molecule has 1 fully saturated rings. The number of amides is 2. The molecule has 2 aromatic carbocycles. The maximum atomic E-state index is 13.4. The van der Waals surface area contributed by atoms with Crippen LogP contribution in [0, 0.1) is 0 Å². The van der Waals surface area contributed by atoms with Gasteiger partial charge < -0.3 is 9.84 Å². The molecule has 2 aromatic rings. The zero-order valence-electron chi connectivity index (χ0n) is 15.0. The number of hydrogen-bond donors (Lipinski definition) is 2. The second kappa shape index (κ2) is 8.28. The summed E-state index contributed by atoms with van der Waals surface area (Å²) in [4.78, 5) is 22.8. The van der Waals surface area contributed by atoms with Gasteiger partial charge in [-0.2, -0.15) is 0 Å². The van der Waals surface area contributed by atoms with E-state index >= 15 is 0 Å². The Kier molecular flexibility index (Phi) is 6.00. The topological polar surface area (TPSA) is 75.6 Å². The first-order valence-corrected chi connectivity index (χ1v) is 9.50. The number of alkyl halides is 2. The summed E-state index contributed by atoms with van der Waals surface area (Å²) >= 11 is 0.970. The maximum Gasteiger partial charge on any atom is 0.286 e. The van der Waals surface area contributed by atoms with E-state index in [1.807, 2.05) is 0 Å². The molecule has 5 nitrogen and oxygen atoms in total. The molecule has 0 saturated carbocycles. The molecule has 2 amide bonds. The Morgan fingerprint density at radius 1 is 1.21 bits per heavy atom. The summed E-state index contributed by atoms with van der Waals surface area (Å²) in [7, 11) is 0. The van der Waals surface area contributed by atoms with Crippen LogP contribution in [0.4, 0.5) is 13.6 Å². The first-order chi connectivity index (χ1) is 13.2. The molecule has 0 radical (unpaired) electrons. The standard InChI is InChI=1S/C20H19F2NO4S/c1-20(21,22)14-4-2-3-13(10-14)16(24)11-27-15-7-5-12(6-8-15)9-17-18(25)23-19(26)28-17/h2-8,10,16-17,24H,9,11H2,1H3,(H,23,25,26)/t16-,17?/m0/s1. The van der Waals surface area contributed by atoms with Crippen LogP contribution in [0.3, 0.4) is 0 Å². The van der Waals surface area contributed by atoms with E-state index in [-0.39, 0.29) is 23.3 Å². The van der Waals surface area contributed by atoms with Crippen molar-refractivity contribution < 1.29 is 28.2 Å². The summed E-state index contributed by atoms with van der Waals surface area (Å²) in [6.07, 6.45) is -0.630. The van der Waals surface area contributed by atoms with E-state index in [0.717, 1.165) is 24.2 Å². The van der Waals surface area contributed by atoms with Gasteiger partial charge in [0, 0.05) is 12.5 Å². The van der Waals surface area contributed by atoms with Gasteiger partial charge in [0.05, 0.1) is 5.25 Å². The van der Waals surface area contributed by atoms with Crippen LogP contribution in [0.25, 0.3) is 0 Å². The van der Waals surface area contributed by atoms with Crippen molar-refractivity contribution in [2.45, 2.75) is 30.6 Å². The Morgan fingerprint density at radius 3 is 2.54 bits per heavy atom. The zero-order valence-corrected chi connectivity index (χ0v) is 15.8. The number of nitrogens with one attached hydrogen (secondary N) is 1. The van der Waals surface area contributed by atoms with Gasteiger partial charge in [-0.15, -0.1) is 0 Å². The highest BCUT2D eigenvalue weighted by molar-refractivity contribution is 8.15. The van der Waals surface area contributed by atoms with E-state index in [1.54, 1.807) is 30.3 Å². The summed E-state index contributed by atoms with van der Waals surface area (Å²) < 4.78 is 32.4. The van der Waals surface area contributed by atoms with E-state index in [9.17, 15) is 23.5 Å². The third-order valence-corrected chi connectivity index (χ3v) is 5.28. The van der Waals surface area contributed by atoms with Crippen LogP contribution in [0.5, 0.6) is 5.75 Å². The number of carbonyl (C=O) groups is 2. The van der Waals surface area contributed by atoms with Gasteiger partial charge in [0.2, 0.25) is 5.91 Å². The summed E-state index contributed by atoms with van der Waals surface area (Å²) in [5.41, 5.74) is 1.05. The van der Waals surface area contributed by atoms with Crippen LogP contribution in [0.15, 0.2) is 48.5 Å². The van der Waals surface area contributed by atoms with Gasteiger partial charge in [-0.1, -0.05) is 42.1 Å². The van der Waals surface area contributed by atoms with E-state index in [2.05, 4.69) is 5.32 Å². The van der Waals surface area contributed by atoms with Crippen LogP contribution in [-0.2, 0) is 17.1 Å². The average Bonchev–Trinajstić information content (AvgIpc) is 2.97. The second-order valence-electron chi connectivity index (χ2n) is 6.57. The SMILES string of the molecule is CC(F)(F)c1cccc([C@@H](O)COc2ccc(CC3SC(=O)NC3=O)cc2)c1. The molecular formula is C20H19F2NO4S. The third-order valence-electron chi connectivity index (χ3n) is 4.30. The largest absolute Gasteiger partial charge is 0.491 e. The highest BCUT2D eigenvalue weighted by Gasteiger charge is 2.31. The van der Waals surface area contributed by atoms with Gasteiger partial charge in [0.1, 0.15) is 18.5 Å². The lowest BCUT2D eigenvalue weighted by Gasteiger charge is -2.16.